The first-order valence-electron chi connectivity index (χ1n) is 7.72. The number of hydrogen-bond acceptors (Lipinski definition) is 3. The van der Waals surface area contributed by atoms with E-state index in [9.17, 15) is 18.7 Å². The van der Waals surface area contributed by atoms with Gasteiger partial charge in [-0.15, -0.1) is 0 Å². The van der Waals surface area contributed by atoms with Gasteiger partial charge in [0.15, 0.2) is 0 Å². The fraction of sp³-hybridized carbons (Fsp3) is 0.562. The second-order valence-electron chi connectivity index (χ2n) is 6.02. The number of rotatable bonds is 2. The molecule has 6 heteroatoms. The second kappa shape index (κ2) is 6.30. The van der Waals surface area contributed by atoms with Crippen molar-refractivity contribution < 1.29 is 18.7 Å². The molecule has 0 radical (unpaired) electrons. The highest BCUT2D eigenvalue weighted by Gasteiger charge is 2.33. The Hall–Kier alpha value is -1.53. The summed E-state index contributed by atoms with van der Waals surface area (Å²) in [7, 11) is 0. The molecule has 1 N–H and O–H groups in total. The SMILES string of the molecule is O=C(c1ccc(F)cc1F)N1CCN([C@H]2CCC[C@H]2O)CC1. The summed E-state index contributed by atoms with van der Waals surface area (Å²) in [5.41, 5.74) is -0.0873. The predicted octanol–water partition coefficient (Wildman–Crippen LogP) is 1.64. The highest BCUT2D eigenvalue weighted by molar-refractivity contribution is 5.94. The Kier molecular flexibility index (Phi) is 4.40. The highest BCUT2D eigenvalue weighted by Crippen LogP contribution is 2.25. The monoisotopic (exact) mass is 310 g/mol. The number of benzene rings is 1. The third-order valence-electron chi connectivity index (χ3n) is 4.68. The number of nitrogens with zero attached hydrogens (tertiary/aromatic N) is 2. The van der Waals surface area contributed by atoms with Gasteiger partial charge < -0.3 is 10.0 Å². The van der Waals surface area contributed by atoms with E-state index in [0.717, 1.165) is 31.4 Å². The first kappa shape index (κ1) is 15.4. The van der Waals surface area contributed by atoms with Crippen LogP contribution in [-0.4, -0.2) is 59.1 Å². The van der Waals surface area contributed by atoms with Gasteiger partial charge in [0, 0.05) is 38.3 Å². The third-order valence-corrected chi connectivity index (χ3v) is 4.68. The van der Waals surface area contributed by atoms with E-state index in [1.165, 1.54) is 6.07 Å². The molecule has 1 saturated carbocycles. The lowest BCUT2D eigenvalue weighted by Crippen LogP contribution is -2.53. The molecular weight excluding hydrogens is 290 g/mol. The van der Waals surface area contributed by atoms with Crippen molar-refractivity contribution >= 4 is 5.91 Å². The first-order chi connectivity index (χ1) is 10.6. The Balaban J connectivity index is 1.62. The Morgan fingerprint density at radius 3 is 2.45 bits per heavy atom. The zero-order chi connectivity index (χ0) is 15.7. The van der Waals surface area contributed by atoms with Crippen LogP contribution in [-0.2, 0) is 0 Å². The summed E-state index contributed by atoms with van der Waals surface area (Å²) in [5.74, 6) is -1.91. The number of aliphatic hydroxyl groups is 1. The van der Waals surface area contributed by atoms with Crippen LogP contribution in [0.1, 0.15) is 29.6 Å². The maximum absolute atomic E-state index is 13.7. The first-order valence-corrected chi connectivity index (χ1v) is 7.72. The van der Waals surface area contributed by atoms with E-state index in [1.54, 1.807) is 4.90 Å². The smallest absolute Gasteiger partial charge is 0.256 e. The van der Waals surface area contributed by atoms with Gasteiger partial charge in [-0.05, 0) is 31.4 Å². The van der Waals surface area contributed by atoms with Crippen molar-refractivity contribution in [2.45, 2.75) is 31.4 Å². The van der Waals surface area contributed by atoms with Crippen LogP contribution >= 0.6 is 0 Å². The van der Waals surface area contributed by atoms with Gasteiger partial charge in [-0.3, -0.25) is 9.69 Å². The molecule has 1 aromatic rings. The molecule has 2 aliphatic rings. The van der Waals surface area contributed by atoms with E-state index in [4.69, 9.17) is 0 Å². The summed E-state index contributed by atoms with van der Waals surface area (Å²) in [6.07, 6.45) is 2.58. The van der Waals surface area contributed by atoms with Crippen molar-refractivity contribution in [3.8, 4) is 0 Å². The van der Waals surface area contributed by atoms with Crippen LogP contribution in [0.25, 0.3) is 0 Å². The number of carbonyl (C=O) groups excluding carboxylic acids is 1. The fourth-order valence-electron chi connectivity index (χ4n) is 3.44. The number of halogens is 2. The van der Waals surface area contributed by atoms with Gasteiger partial charge >= 0.3 is 0 Å². The molecule has 1 aromatic carbocycles. The average molecular weight is 310 g/mol. The molecule has 1 amide bonds. The summed E-state index contributed by atoms with van der Waals surface area (Å²) in [6.45, 7) is 2.35. The van der Waals surface area contributed by atoms with Crippen LogP contribution in [0, 0.1) is 11.6 Å². The average Bonchev–Trinajstić information content (AvgIpc) is 2.93. The molecule has 1 aliphatic carbocycles. The molecule has 22 heavy (non-hydrogen) atoms. The summed E-state index contributed by atoms with van der Waals surface area (Å²) < 4.78 is 26.6. The van der Waals surface area contributed by atoms with E-state index in [2.05, 4.69) is 4.90 Å². The largest absolute Gasteiger partial charge is 0.391 e. The number of carbonyl (C=O) groups is 1. The van der Waals surface area contributed by atoms with E-state index < -0.39 is 17.5 Å². The molecule has 3 rings (SSSR count). The van der Waals surface area contributed by atoms with Crippen LogP contribution in [0.4, 0.5) is 8.78 Å². The Labute approximate surface area is 128 Å². The lowest BCUT2D eigenvalue weighted by molar-refractivity contribution is 0.0313. The van der Waals surface area contributed by atoms with Gasteiger partial charge in [0.05, 0.1) is 11.7 Å². The molecule has 0 bridgehead atoms. The van der Waals surface area contributed by atoms with E-state index >= 15 is 0 Å². The minimum absolute atomic E-state index is 0.0873. The lowest BCUT2D eigenvalue weighted by atomic mass is 10.1. The molecule has 2 atom stereocenters. The molecule has 0 spiro atoms. The van der Waals surface area contributed by atoms with E-state index in [0.29, 0.717) is 26.2 Å². The molecule has 0 unspecified atom stereocenters. The minimum atomic E-state index is -0.821. The van der Waals surface area contributed by atoms with Gasteiger partial charge in [0.1, 0.15) is 11.6 Å². The minimum Gasteiger partial charge on any atom is -0.391 e. The molecule has 2 fully saturated rings. The maximum Gasteiger partial charge on any atom is 0.256 e. The molecular formula is C16H20F2N2O2. The van der Waals surface area contributed by atoms with Crippen molar-refractivity contribution in [2.24, 2.45) is 0 Å². The third kappa shape index (κ3) is 2.98. The quantitative estimate of drug-likeness (QED) is 0.903. The standard InChI is InChI=1S/C16H20F2N2O2/c17-11-4-5-12(13(18)10-11)16(22)20-8-6-19(7-9-20)14-2-1-3-15(14)21/h4-5,10,14-15,21H,1-3,6-9H2/t14-,15+/m0/s1. The maximum atomic E-state index is 13.7. The molecule has 0 aromatic heterocycles. The number of piperazine rings is 1. The lowest BCUT2D eigenvalue weighted by Gasteiger charge is -2.39. The Morgan fingerprint density at radius 2 is 1.86 bits per heavy atom. The van der Waals surface area contributed by atoms with Crippen LogP contribution in [0.15, 0.2) is 18.2 Å². The van der Waals surface area contributed by atoms with Gasteiger partial charge in [0.2, 0.25) is 0 Å². The summed E-state index contributed by atoms with van der Waals surface area (Å²) in [5, 5.41) is 9.95. The van der Waals surface area contributed by atoms with Crippen LogP contribution < -0.4 is 0 Å². The number of hydrogen-bond donors (Lipinski definition) is 1. The summed E-state index contributed by atoms with van der Waals surface area (Å²) in [6, 6.07) is 3.21. The second-order valence-corrected chi connectivity index (χ2v) is 6.02. The summed E-state index contributed by atoms with van der Waals surface area (Å²) >= 11 is 0. The van der Waals surface area contributed by atoms with Crippen molar-refractivity contribution in [2.75, 3.05) is 26.2 Å². The van der Waals surface area contributed by atoms with Crippen molar-refractivity contribution in [3.05, 3.63) is 35.4 Å². The zero-order valence-electron chi connectivity index (χ0n) is 12.3. The summed E-state index contributed by atoms with van der Waals surface area (Å²) in [4.78, 5) is 16.1. The Morgan fingerprint density at radius 1 is 1.14 bits per heavy atom. The predicted molar refractivity (Wildman–Crippen MR) is 77.5 cm³/mol. The zero-order valence-corrected chi connectivity index (χ0v) is 12.3. The van der Waals surface area contributed by atoms with Crippen LogP contribution in [0.5, 0.6) is 0 Å². The highest BCUT2D eigenvalue weighted by atomic mass is 19.1. The Bertz CT molecular complexity index is 559. The molecule has 120 valence electrons. The van der Waals surface area contributed by atoms with Gasteiger partial charge in [-0.2, -0.15) is 0 Å². The van der Waals surface area contributed by atoms with Crippen molar-refractivity contribution in [3.63, 3.8) is 0 Å². The van der Waals surface area contributed by atoms with Crippen molar-refractivity contribution in [1.29, 1.82) is 0 Å². The fourth-order valence-corrected chi connectivity index (χ4v) is 3.44. The van der Waals surface area contributed by atoms with E-state index in [-0.39, 0.29) is 17.7 Å². The van der Waals surface area contributed by atoms with E-state index in [1.807, 2.05) is 0 Å². The van der Waals surface area contributed by atoms with Crippen LogP contribution in [0.2, 0.25) is 0 Å². The van der Waals surface area contributed by atoms with Crippen molar-refractivity contribution in [1.82, 2.24) is 9.80 Å². The molecule has 1 saturated heterocycles. The number of amides is 1. The molecule has 1 aliphatic heterocycles. The number of aliphatic hydroxyl groups excluding tert-OH is 1. The van der Waals surface area contributed by atoms with Gasteiger partial charge in [-0.25, -0.2) is 8.78 Å². The molecule has 1 heterocycles. The molecule has 4 nitrogen and oxygen atoms in total. The van der Waals surface area contributed by atoms with Gasteiger partial charge in [0.25, 0.3) is 5.91 Å². The van der Waals surface area contributed by atoms with Crippen LogP contribution in [0.3, 0.4) is 0 Å². The normalized spacial score (nSPS) is 26.4. The topological polar surface area (TPSA) is 43.8 Å². The van der Waals surface area contributed by atoms with Gasteiger partial charge in [-0.1, -0.05) is 0 Å².